The van der Waals surface area contributed by atoms with Crippen LogP contribution in [0.3, 0.4) is 0 Å². The normalized spacial score (nSPS) is 12.1. The maximum Gasteiger partial charge on any atom is 0.171 e. The minimum Gasteiger partial charge on any atom is -0.274 e. The van der Waals surface area contributed by atoms with Crippen LogP contribution in [0.1, 0.15) is 0 Å². The minimum atomic E-state index is -3.00. The molecule has 0 rings (SSSR count). The molecular weight excluding hydrogens is 135 g/mol. The Morgan fingerprint density at radius 1 is 1.57 bits per heavy atom. The highest BCUT2D eigenvalue weighted by Crippen LogP contribution is 1.95. The van der Waals surface area contributed by atoms with E-state index in [1.165, 1.54) is 0 Å². The summed E-state index contributed by atoms with van der Waals surface area (Å²) < 4.78 is 29.6. The summed E-state index contributed by atoms with van der Waals surface area (Å²) in [5.41, 5.74) is -0.271. The third-order valence-electron chi connectivity index (χ3n) is 0.287. The first-order valence-electron chi connectivity index (χ1n) is 1.53. The second-order valence-electron chi connectivity index (χ2n) is 1.18. The third-order valence-corrected chi connectivity index (χ3v) is 2.58. The molecule has 0 unspecified atom stereocenters. The molecular formula is C2H5O3PS. The zero-order chi connectivity index (χ0) is 5.91. The number of sulfone groups is 1. The molecule has 0 radical (unpaired) electrons. The maximum absolute atomic E-state index is 10.0. The van der Waals surface area contributed by atoms with Crippen LogP contribution in [0.4, 0.5) is 0 Å². The standard InChI is InChI=1S/C2H5O3PS/c1-7(4,5)2-6-3/h2H2,1H3. The molecule has 0 fully saturated rings. The van der Waals surface area contributed by atoms with Gasteiger partial charge in [0.05, 0.1) is 0 Å². The summed E-state index contributed by atoms with van der Waals surface area (Å²) in [6.07, 6.45) is 1.04. The van der Waals surface area contributed by atoms with Crippen LogP contribution in [0.15, 0.2) is 0 Å². The summed E-state index contributed by atoms with van der Waals surface area (Å²) >= 11 is 0. The molecule has 0 aromatic carbocycles. The first kappa shape index (κ1) is 7.05. The van der Waals surface area contributed by atoms with Crippen molar-refractivity contribution in [3.63, 3.8) is 0 Å². The molecule has 0 aliphatic heterocycles. The fraction of sp³-hybridized carbons (Fsp3) is 1.00. The number of rotatable bonds is 2. The van der Waals surface area contributed by atoms with Crippen molar-refractivity contribution in [3.8, 4) is 0 Å². The van der Waals surface area contributed by atoms with E-state index in [0.717, 1.165) is 6.26 Å². The van der Waals surface area contributed by atoms with E-state index in [2.05, 4.69) is 0 Å². The Kier molecular flexibility index (Phi) is 2.40. The molecule has 42 valence electrons. The molecule has 0 aromatic heterocycles. The van der Waals surface area contributed by atoms with Crippen molar-refractivity contribution in [2.24, 2.45) is 0 Å². The van der Waals surface area contributed by atoms with Crippen LogP contribution < -0.4 is 0 Å². The van der Waals surface area contributed by atoms with Crippen molar-refractivity contribution < 1.29 is 13.0 Å². The van der Waals surface area contributed by atoms with E-state index in [4.69, 9.17) is 0 Å². The number of hydrogen-bond donors (Lipinski definition) is 0. The fourth-order valence-corrected chi connectivity index (χ4v) is 0.862. The molecule has 0 aromatic rings. The van der Waals surface area contributed by atoms with Crippen molar-refractivity contribution in [2.45, 2.75) is 0 Å². The van der Waals surface area contributed by atoms with Crippen LogP contribution in [0.5, 0.6) is 0 Å². The topological polar surface area (TPSA) is 51.2 Å². The average molecular weight is 140 g/mol. The lowest BCUT2D eigenvalue weighted by atomic mass is 11.9. The van der Waals surface area contributed by atoms with Crippen LogP contribution in [0.2, 0.25) is 0 Å². The summed E-state index contributed by atoms with van der Waals surface area (Å²) in [5, 5.41) is 0. The molecule has 0 amide bonds. The molecule has 0 saturated heterocycles. The van der Waals surface area contributed by atoms with Gasteiger partial charge >= 0.3 is 0 Å². The third kappa shape index (κ3) is 6.05. The van der Waals surface area contributed by atoms with Gasteiger partial charge in [-0.1, -0.05) is 0 Å². The van der Waals surface area contributed by atoms with Crippen LogP contribution in [-0.4, -0.2) is 20.2 Å². The lowest BCUT2D eigenvalue weighted by Crippen LogP contribution is -1.94. The van der Waals surface area contributed by atoms with Crippen LogP contribution in [0, 0.1) is 0 Å². The highest BCUT2D eigenvalue weighted by atomic mass is 32.2. The Morgan fingerprint density at radius 2 is 2.00 bits per heavy atom. The van der Waals surface area contributed by atoms with Gasteiger partial charge in [0.15, 0.2) is 18.3 Å². The lowest BCUT2D eigenvalue weighted by molar-refractivity contribution is 0.595. The Balaban J connectivity index is 3.84. The Labute approximate surface area is 43.8 Å². The summed E-state index contributed by atoms with van der Waals surface area (Å²) in [6.45, 7) is 0. The van der Waals surface area contributed by atoms with Crippen LogP contribution >= 0.6 is 8.46 Å². The van der Waals surface area contributed by atoms with E-state index < -0.39 is 9.84 Å². The predicted octanol–water partition coefficient (Wildman–Crippen LogP) is 0.280. The smallest absolute Gasteiger partial charge is 0.171 e. The van der Waals surface area contributed by atoms with E-state index in [-0.39, 0.29) is 14.0 Å². The fourth-order valence-electron chi connectivity index (χ4n) is 0.0957. The second-order valence-corrected chi connectivity index (χ2v) is 4.33. The summed E-state index contributed by atoms with van der Waals surface area (Å²) in [5.74, 6) is 0. The Morgan fingerprint density at radius 3 is 2.00 bits per heavy atom. The van der Waals surface area contributed by atoms with Crippen molar-refractivity contribution in [1.29, 1.82) is 0 Å². The second kappa shape index (κ2) is 2.38. The van der Waals surface area contributed by atoms with Crippen molar-refractivity contribution in [2.75, 3.05) is 11.7 Å². The molecule has 5 heteroatoms. The summed E-state index contributed by atoms with van der Waals surface area (Å²) in [6, 6.07) is 0. The van der Waals surface area contributed by atoms with Crippen LogP contribution in [0.25, 0.3) is 0 Å². The van der Waals surface area contributed by atoms with Gasteiger partial charge in [0, 0.05) is 6.26 Å². The van der Waals surface area contributed by atoms with E-state index in [9.17, 15) is 13.0 Å². The van der Waals surface area contributed by atoms with E-state index in [1.807, 2.05) is 0 Å². The highest BCUT2D eigenvalue weighted by Gasteiger charge is 1.97. The van der Waals surface area contributed by atoms with Gasteiger partial charge in [0.1, 0.15) is 5.49 Å². The molecule has 0 N–H and O–H groups in total. The van der Waals surface area contributed by atoms with E-state index >= 15 is 0 Å². The molecule has 0 aliphatic carbocycles. The Bertz CT molecular complexity index is 146. The van der Waals surface area contributed by atoms with Gasteiger partial charge in [0.25, 0.3) is 0 Å². The number of hydrogen-bond acceptors (Lipinski definition) is 3. The zero-order valence-electron chi connectivity index (χ0n) is 3.79. The highest BCUT2D eigenvalue weighted by molar-refractivity contribution is 7.94. The van der Waals surface area contributed by atoms with Gasteiger partial charge in [-0.3, -0.25) is 4.57 Å². The molecule has 0 heterocycles. The van der Waals surface area contributed by atoms with E-state index in [0.29, 0.717) is 0 Å². The van der Waals surface area contributed by atoms with Gasteiger partial charge in [-0.25, -0.2) is 8.42 Å². The van der Waals surface area contributed by atoms with Crippen LogP contribution in [-0.2, 0) is 14.4 Å². The van der Waals surface area contributed by atoms with Crippen molar-refractivity contribution >= 4 is 18.3 Å². The van der Waals surface area contributed by atoms with Crippen molar-refractivity contribution in [3.05, 3.63) is 0 Å². The summed E-state index contributed by atoms with van der Waals surface area (Å²) in [4.78, 5) is 0. The zero-order valence-corrected chi connectivity index (χ0v) is 5.50. The molecule has 0 bridgehead atoms. The first-order valence-corrected chi connectivity index (χ1v) is 4.59. The largest absolute Gasteiger partial charge is 0.274 e. The Hall–Kier alpha value is 0.0500. The van der Waals surface area contributed by atoms with Gasteiger partial charge in [0.2, 0.25) is 0 Å². The summed E-state index contributed by atoms with van der Waals surface area (Å²) in [7, 11) is -3.33. The average Bonchev–Trinajstić information content (AvgIpc) is 1.30. The maximum atomic E-state index is 10.0. The molecule has 7 heavy (non-hydrogen) atoms. The monoisotopic (exact) mass is 140 g/mol. The van der Waals surface area contributed by atoms with E-state index in [1.54, 1.807) is 0 Å². The van der Waals surface area contributed by atoms with Gasteiger partial charge in [-0.05, 0) is 0 Å². The quantitative estimate of drug-likeness (QED) is 0.517. The molecule has 0 spiro atoms. The van der Waals surface area contributed by atoms with Crippen molar-refractivity contribution in [1.82, 2.24) is 0 Å². The molecule has 3 nitrogen and oxygen atoms in total. The minimum absolute atomic E-state index is 0.271. The predicted molar refractivity (Wildman–Crippen MR) is 27.3 cm³/mol. The first-order chi connectivity index (χ1) is 3.06. The lowest BCUT2D eigenvalue weighted by Gasteiger charge is -1.79. The van der Waals surface area contributed by atoms with Gasteiger partial charge in [-0.15, -0.1) is 0 Å². The van der Waals surface area contributed by atoms with Gasteiger partial charge in [-0.2, -0.15) is 0 Å². The van der Waals surface area contributed by atoms with Gasteiger partial charge < -0.3 is 0 Å². The molecule has 0 atom stereocenters. The molecule has 0 saturated carbocycles. The molecule has 0 aliphatic rings. The SMILES string of the molecule is CS(=O)(=O)CP=O.